The van der Waals surface area contributed by atoms with Gasteiger partial charge in [-0.2, -0.15) is 5.26 Å². The fourth-order valence-electron chi connectivity index (χ4n) is 4.56. The maximum absolute atomic E-state index is 13.0. The molecule has 0 aliphatic carbocycles. The van der Waals surface area contributed by atoms with Crippen molar-refractivity contribution in [2.24, 2.45) is 5.92 Å². The van der Waals surface area contributed by atoms with Gasteiger partial charge < -0.3 is 14.7 Å². The second-order valence-corrected chi connectivity index (χ2v) is 8.44. The van der Waals surface area contributed by atoms with Crippen molar-refractivity contribution in [3.05, 3.63) is 59.8 Å². The Balaban J connectivity index is 1.23. The fourth-order valence-corrected chi connectivity index (χ4v) is 4.56. The summed E-state index contributed by atoms with van der Waals surface area (Å²) >= 11 is 0. The molecule has 0 radical (unpaired) electrons. The predicted octanol–water partition coefficient (Wildman–Crippen LogP) is 2.47. The third kappa shape index (κ3) is 5.08. The standard InChI is InChI=1S/C25H29N5O2/c26-19-22-7-4-12-27-24(22)29-15-17-30(18-16-29)25(32)21-10-13-28(14-11-21)23(31)9-8-20-5-2-1-3-6-20/h1-7,12,21H,8-11,13-18H2. The van der Waals surface area contributed by atoms with Crippen LogP contribution in [-0.4, -0.2) is 65.9 Å². The minimum Gasteiger partial charge on any atom is -0.352 e. The highest BCUT2D eigenvalue weighted by Gasteiger charge is 2.32. The molecule has 1 aromatic carbocycles. The van der Waals surface area contributed by atoms with E-state index in [-0.39, 0.29) is 17.7 Å². The molecule has 1 aromatic heterocycles. The van der Waals surface area contributed by atoms with Crippen molar-refractivity contribution >= 4 is 17.6 Å². The highest BCUT2D eigenvalue weighted by molar-refractivity contribution is 5.80. The van der Waals surface area contributed by atoms with Crippen molar-refractivity contribution in [2.45, 2.75) is 25.7 Å². The van der Waals surface area contributed by atoms with Gasteiger partial charge in [0.2, 0.25) is 11.8 Å². The van der Waals surface area contributed by atoms with Crippen molar-refractivity contribution in [3.63, 3.8) is 0 Å². The topological polar surface area (TPSA) is 80.5 Å². The summed E-state index contributed by atoms with van der Waals surface area (Å²) in [5, 5.41) is 9.30. The van der Waals surface area contributed by atoms with Crippen LogP contribution in [0.15, 0.2) is 48.7 Å². The number of aryl methyl sites for hydroxylation is 1. The maximum atomic E-state index is 13.0. The first-order valence-electron chi connectivity index (χ1n) is 11.4. The summed E-state index contributed by atoms with van der Waals surface area (Å²) in [6, 6.07) is 15.8. The summed E-state index contributed by atoms with van der Waals surface area (Å²) in [5.74, 6) is 1.06. The highest BCUT2D eigenvalue weighted by Crippen LogP contribution is 2.23. The number of hydrogen-bond acceptors (Lipinski definition) is 5. The second-order valence-electron chi connectivity index (χ2n) is 8.44. The Kier molecular flexibility index (Phi) is 7.00. The van der Waals surface area contributed by atoms with Crippen LogP contribution >= 0.6 is 0 Å². The fraction of sp³-hybridized carbons (Fsp3) is 0.440. The molecule has 32 heavy (non-hydrogen) atoms. The number of carbonyl (C=O) groups excluding carboxylic acids is 2. The van der Waals surface area contributed by atoms with E-state index in [9.17, 15) is 14.9 Å². The van der Waals surface area contributed by atoms with E-state index in [1.807, 2.05) is 40.1 Å². The van der Waals surface area contributed by atoms with Crippen LogP contribution in [-0.2, 0) is 16.0 Å². The molecule has 0 N–H and O–H groups in total. The Bertz CT molecular complexity index is 971. The summed E-state index contributed by atoms with van der Waals surface area (Å²) in [4.78, 5) is 35.9. The Morgan fingerprint density at radius 1 is 0.938 bits per heavy atom. The van der Waals surface area contributed by atoms with E-state index in [1.54, 1.807) is 18.3 Å². The average molecular weight is 432 g/mol. The van der Waals surface area contributed by atoms with Gasteiger partial charge in [0, 0.05) is 57.8 Å². The number of likely N-dealkylation sites (tertiary alicyclic amines) is 1. The zero-order valence-corrected chi connectivity index (χ0v) is 18.3. The number of carbonyl (C=O) groups is 2. The number of piperazine rings is 1. The molecule has 2 fully saturated rings. The van der Waals surface area contributed by atoms with Crippen molar-refractivity contribution in [1.82, 2.24) is 14.8 Å². The highest BCUT2D eigenvalue weighted by atomic mass is 16.2. The van der Waals surface area contributed by atoms with Crippen molar-refractivity contribution in [3.8, 4) is 6.07 Å². The van der Waals surface area contributed by atoms with E-state index in [0.717, 1.165) is 19.3 Å². The molecular weight excluding hydrogens is 402 g/mol. The quantitative estimate of drug-likeness (QED) is 0.727. The first-order chi connectivity index (χ1) is 15.7. The summed E-state index contributed by atoms with van der Waals surface area (Å²) < 4.78 is 0. The van der Waals surface area contributed by atoms with Crippen molar-refractivity contribution < 1.29 is 9.59 Å². The molecule has 0 unspecified atom stereocenters. The normalized spacial score (nSPS) is 17.2. The van der Waals surface area contributed by atoms with E-state index >= 15 is 0 Å². The lowest BCUT2D eigenvalue weighted by Crippen LogP contribution is -2.52. The van der Waals surface area contributed by atoms with Crippen molar-refractivity contribution in [1.29, 1.82) is 5.26 Å². The Labute approximate surface area is 189 Å². The molecule has 7 heteroatoms. The Morgan fingerprint density at radius 3 is 2.34 bits per heavy atom. The van der Waals surface area contributed by atoms with Crippen LogP contribution in [0.25, 0.3) is 0 Å². The molecule has 7 nitrogen and oxygen atoms in total. The number of aromatic nitrogens is 1. The van der Waals surface area contributed by atoms with E-state index in [4.69, 9.17) is 0 Å². The van der Waals surface area contributed by atoms with Crippen LogP contribution in [0.4, 0.5) is 5.82 Å². The van der Waals surface area contributed by atoms with Crippen LogP contribution in [0.3, 0.4) is 0 Å². The van der Waals surface area contributed by atoms with Gasteiger partial charge in [-0.15, -0.1) is 0 Å². The molecule has 4 rings (SSSR count). The number of anilines is 1. The van der Waals surface area contributed by atoms with Gasteiger partial charge in [-0.3, -0.25) is 9.59 Å². The average Bonchev–Trinajstić information content (AvgIpc) is 2.87. The van der Waals surface area contributed by atoms with Gasteiger partial charge in [0.25, 0.3) is 0 Å². The molecule has 3 heterocycles. The van der Waals surface area contributed by atoms with Crippen LogP contribution in [0, 0.1) is 17.2 Å². The van der Waals surface area contributed by atoms with Gasteiger partial charge >= 0.3 is 0 Å². The monoisotopic (exact) mass is 431 g/mol. The summed E-state index contributed by atoms with van der Waals surface area (Å²) in [7, 11) is 0. The molecule has 0 atom stereocenters. The zero-order valence-electron chi connectivity index (χ0n) is 18.3. The van der Waals surface area contributed by atoms with Gasteiger partial charge in [0.05, 0.1) is 5.56 Å². The maximum Gasteiger partial charge on any atom is 0.225 e. The van der Waals surface area contributed by atoms with Gasteiger partial charge in [-0.25, -0.2) is 4.98 Å². The summed E-state index contributed by atoms with van der Waals surface area (Å²) in [6.45, 7) is 3.93. The molecule has 2 amide bonds. The minimum atomic E-state index is -0.00996. The van der Waals surface area contributed by atoms with E-state index in [1.165, 1.54) is 5.56 Å². The van der Waals surface area contributed by atoms with Gasteiger partial charge in [-0.1, -0.05) is 30.3 Å². The number of amides is 2. The largest absolute Gasteiger partial charge is 0.352 e. The molecule has 2 aliphatic heterocycles. The van der Waals surface area contributed by atoms with Gasteiger partial charge in [-0.05, 0) is 37.0 Å². The smallest absolute Gasteiger partial charge is 0.225 e. The lowest BCUT2D eigenvalue weighted by Gasteiger charge is -2.39. The van der Waals surface area contributed by atoms with E-state index in [0.29, 0.717) is 57.1 Å². The van der Waals surface area contributed by atoms with Gasteiger partial charge in [0.1, 0.15) is 11.9 Å². The summed E-state index contributed by atoms with van der Waals surface area (Å²) in [6.07, 6.45) is 4.43. The third-order valence-corrected chi connectivity index (χ3v) is 6.47. The van der Waals surface area contributed by atoms with Crippen molar-refractivity contribution in [2.75, 3.05) is 44.2 Å². The lowest BCUT2D eigenvalue weighted by molar-refractivity contribution is -0.141. The third-order valence-electron chi connectivity index (χ3n) is 6.47. The number of piperidine rings is 1. The molecule has 166 valence electrons. The molecule has 2 aromatic rings. The number of nitrogens with zero attached hydrogens (tertiary/aromatic N) is 5. The zero-order chi connectivity index (χ0) is 22.3. The number of rotatable bonds is 5. The number of pyridine rings is 1. The van der Waals surface area contributed by atoms with Gasteiger partial charge in [0.15, 0.2) is 0 Å². The Morgan fingerprint density at radius 2 is 1.66 bits per heavy atom. The minimum absolute atomic E-state index is 0.00996. The molecule has 2 saturated heterocycles. The predicted molar refractivity (Wildman–Crippen MR) is 122 cm³/mol. The molecule has 2 aliphatic rings. The second kappa shape index (κ2) is 10.3. The molecular formula is C25H29N5O2. The number of nitriles is 1. The SMILES string of the molecule is N#Cc1cccnc1N1CCN(C(=O)C2CCN(C(=O)CCc3ccccc3)CC2)CC1. The molecule has 0 spiro atoms. The van der Waals surface area contributed by atoms with Crippen LogP contribution in [0.1, 0.15) is 30.4 Å². The van der Waals surface area contributed by atoms with E-state index < -0.39 is 0 Å². The number of benzene rings is 1. The molecule has 0 bridgehead atoms. The lowest BCUT2D eigenvalue weighted by atomic mass is 9.94. The van der Waals surface area contributed by atoms with E-state index in [2.05, 4.69) is 16.0 Å². The number of hydrogen-bond donors (Lipinski definition) is 0. The van der Waals surface area contributed by atoms with Crippen LogP contribution < -0.4 is 4.90 Å². The molecule has 0 saturated carbocycles. The first-order valence-corrected chi connectivity index (χ1v) is 11.4. The van der Waals surface area contributed by atoms with Crippen LogP contribution in [0.5, 0.6) is 0 Å². The Hall–Kier alpha value is -3.40. The van der Waals surface area contributed by atoms with Crippen LogP contribution in [0.2, 0.25) is 0 Å². The summed E-state index contributed by atoms with van der Waals surface area (Å²) in [5.41, 5.74) is 1.74. The first kappa shape index (κ1) is 21.8.